The third-order valence-electron chi connectivity index (χ3n) is 3.04. The van der Waals surface area contributed by atoms with E-state index in [-0.39, 0.29) is 16.8 Å². The number of sulfone groups is 1. The Morgan fingerprint density at radius 2 is 2.12 bits per heavy atom. The minimum atomic E-state index is -3.00. The molecule has 4 nitrogen and oxygen atoms in total. The van der Waals surface area contributed by atoms with Crippen molar-refractivity contribution in [3.63, 3.8) is 0 Å². The van der Waals surface area contributed by atoms with E-state index in [0.717, 1.165) is 5.56 Å². The first-order chi connectivity index (χ1) is 7.91. The Morgan fingerprint density at radius 1 is 1.41 bits per heavy atom. The van der Waals surface area contributed by atoms with Gasteiger partial charge in [-0.1, -0.05) is 6.07 Å². The first-order valence-electron chi connectivity index (χ1n) is 5.37. The molecule has 0 bridgehead atoms. The molecule has 2 unspecified atom stereocenters. The number of hydrogen-bond acceptors (Lipinski definition) is 4. The van der Waals surface area contributed by atoms with Gasteiger partial charge in [-0.05, 0) is 31.0 Å². The summed E-state index contributed by atoms with van der Waals surface area (Å²) in [5.74, 6) is 0.165. The van der Waals surface area contributed by atoms with Crippen molar-refractivity contribution in [2.24, 2.45) is 0 Å². The van der Waals surface area contributed by atoms with Gasteiger partial charge in [0.15, 0.2) is 9.84 Å². The molecule has 0 radical (unpaired) electrons. The predicted molar refractivity (Wildman–Crippen MR) is 69.1 cm³/mol. The highest BCUT2D eigenvalue weighted by molar-refractivity contribution is 7.94. The number of hydrogen-bond donors (Lipinski definition) is 1. The van der Waals surface area contributed by atoms with Crippen molar-refractivity contribution in [2.75, 3.05) is 17.2 Å². The first-order valence-corrected chi connectivity index (χ1v) is 8.40. The fourth-order valence-electron chi connectivity index (χ4n) is 1.96. The summed E-state index contributed by atoms with van der Waals surface area (Å²) < 4.78 is 35.0. The van der Waals surface area contributed by atoms with Crippen molar-refractivity contribution in [3.05, 3.63) is 23.8 Å². The van der Waals surface area contributed by atoms with Crippen molar-refractivity contribution in [1.29, 1.82) is 0 Å². The highest BCUT2D eigenvalue weighted by Gasteiger charge is 2.33. The molecule has 94 valence electrons. The van der Waals surface area contributed by atoms with Crippen LogP contribution in [0.2, 0.25) is 0 Å². The molecule has 1 aromatic carbocycles. The lowest BCUT2D eigenvalue weighted by Gasteiger charge is -2.11. The zero-order valence-electron chi connectivity index (χ0n) is 9.55. The summed E-state index contributed by atoms with van der Waals surface area (Å²) >= 11 is 0. The van der Waals surface area contributed by atoms with Crippen LogP contribution in [-0.2, 0) is 20.6 Å². The van der Waals surface area contributed by atoms with E-state index in [9.17, 15) is 12.6 Å². The van der Waals surface area contributed by atoms with Crippen molar-refractivity contribution >= 4 is 26.3 Å². The SMILES string of the molecule is Cc1c(N)cccc1S(=O)C1CCS(=O)(=O)C1. The lowest BCUT2D eigenvalue weighted by molar-refractivity contribution is 0.602. The number of nitrogens with two attached hydrogens (primary N) is 1. The maximum atomic E-state index is 12.3. The monoisotopic (exact) mass is 273 g/mol. The second-order valence-electron chi connectivity index (χ2n) is 4.29. The van der Waals surface area contributed by atoms with Crippen LogP contribution in [0.25, 0.3) is 0 Å². The standard InChI is InChI=1S/C11H15NO3S2/c1-8-10(12)3-2-4-11(8)16(13)9-5-6-17(14,15)7-9/h2-4,9H,5-7,12H2,1H3. The Bertz CT molecular complexity index is 566. The zero-order chi connectivity index (χ0) is 12.6. The smallest absolute Gasteiger partial charge is 0.151 e. The molecule has 1 aromatic rings. The quantitative estimate of drug-likeness (QED) is 0.811. The Morgan fingerprint density at radius 3 is 2.71 bits per heavy atom. The summed E-state index contributed by atoms with van der Waals surface area (Å²) in [6, 6.07) is 5.26. The molecule has 17 heavy (non-hydrogen) atoms. The molecule has 0 amide bonds. The van der Waals surface area contributed by atoms with Crippen LogP contribution < -0.4 is 5.73 Å². The van der Waals surface area contributed by atoms with Gasteiger partial charge in [0.05, 0.1) is 27.6 Å². The van der Waals surface area contributed by atoms with Gasteiger partial charge in [0.25, 0.3) is 0 Å². The fourth-order valence-corrected chi connectivity index (χ4v) is 6.09. The predicted octanol–water partition coefficient (Wildman–Crippen LogP) is 0.872. The van der Waals surface area contributed by atoms with Crippen LogP contribution in [0.15, 0.2) is 23.1 Å². The molecule has 1 fully saturated rings. The molecular formula is C11H15NO3S2. The molecule has 6 heteroatoms. The number of anilines is 1. The largest absolute Gasteiger partial charge is 0.398 e. The molecule has 0 saturated carbocycles. The van der Waals surface area contributed by atoms with E-state index in [1.54, 1.807) is 18.2 Å². The van der Waals surface area contributed by atoms with Gasteiger partial charge in [-0.3, -0.25) is 4.21 Å². The summed E-state index contributed by atoms with van der Waals surface area (Å²) in [7, 11) is -4.28. The number of nitrogen functional groups attached to an aromatic ring is 1. The van der Waals surface area contributed by atoms with Crippen molar-refractivity contribution in [1.82, 2.24) is 0 Å². The summed E-state index contributed by atoms with van der Waals surface area (Å²) in [6.45, 7) is 1.81. The van der Waals surface area contributed by atoms with E-state index < -0.39 is 20.6 Å². The number of benzene rings is 1. The molecule has 0 spiro atoms. The van der Waals surface area contributed by atoms with Crippen LogP contribution in [-0.4, -0.2) is 29.4 Å². The minimum Gasteiger partial charge on any atom is -0.398 e. The molecule has 2 N–H and O–H groups in total. The summed E-state index contributed by atoms with van der Waals surface area (Å²) in [5, 5.41) is -0.291. The van der Waals surface area contributed by atoms with Gasteiger partial charge in [0.2, 0.25) is 0 Å². The van der Waals surface area contributed by atoms with E-state index in [4.69, 9.17) is 5.73 Å². The molecule has 0 aromatic heterocycles. The van der Waals surface area contributed by atoms with Gasteiger partial charge < -0.3 is 5.73 Å². The molecule has 1 aliphatic rings. The summed E-state index contributed by atoms with van der Waals surface area (Å²) in [6.07, 6.45) is 0.475. The molecule has 0 aliphatic carbocycles. The van der Waals surface area contributed by atoms with Crippen LogP contribution >= 0.6 is 0 Å². The topological polar surface area (TPSA) is 77.2 Å². The average molecular weight is 273 g/mol. The Hall–Kier alpha value is -0.880. The van der Waals surface area contributed by atoms with Crippen LogP contribution in [0.4, 0.5) is 5.69 Å². The summed E-state index contributed by atoms with van der Waals surface area (Å²) in [5.41, 5.74) is 7.14. The van der Waals surface area contributed by atoms with E-state index in [0.29, 0.717) is 17.0 Å². The van der Waals surface area contributed by atoms with Crippen molar-refractivity contribution in [3.8, 4) is 0 Å². The second kappa shape index (κ2) is 4.42. The highest BCUT2D eigenvalue weighted by Crippen LogP contribution is 2.26. The van der Waals surface area contributed by atoms with Crippen molar-refractivity contribution < 1.29 is 12.6 Å². The summed E-state index contributed by atoms with van der Waals surface area (Å²) in [4.78, 5) is 0.659. The first kappa shape index (κ1) is 12.6. The maximum absolute atomic E-state index is 12.3. The van der Waals surface area contributed by atoms with Gasteiger partial charge in [-0.2, -0.15) is 0 Å². The normalized spacial score (nSPS) is 24.6. The Labute approximate surface area is 104 Å². The second-order valence-corrected chi connectivity index (χ2v) is 8.22. The van der Waals surface area contributed by atoms with E-state index in [1.165, 1.54) is 0 Å². The van der Waals surface area contributed by atoms with Crippen molar-refractivity contribution in [2.45, 2.75) is 23.5 Å². The van der Waals surface area contributed by atoms with Crippen LogP contribution in [0.3, 0.4) is 0 Å². The van der Waals surface area contributed by atoms with Gasteiger partial charge in [-0.25, -0.2) is 8.42 Å². The lowest BCUT2D eigenvalue weighted by atomic mass is 10.2. The van der Waals surface area contributed by atoms with Crippen LogP contribution in [0.5, 0.6) is 0 Å². The van der Waals surface area contributed by atoms with Gasteiger partial charge in [0.1, 0.15) is 0 Å². The average Bonchev–Trinajstić information content (AvgIpc) is 2.62. The van der Waals surface area contributed by atoms with Gasteiger partial charge >= 0.3 is 0 Å². The zero-order valence-corrected chi connectivity index (χ0v) is 11.2. The molecule has 2 rings (SSSR count). The van der Waals surface area contributed by atoms with Crippen LogP contribution in [0, 0.1) is 6.92 Å². The van der Waals surface area contributed by atoms with E-state index in [1.807, 2.05) is 6.92 Å². The Kier molecular flexibility index (Phi) is 3.27. The minimum absolute atomic E-state index is 0.0217. The number of rotatable bonds is 2. The van der Waals surface area contributed by atoms with Crippen LogP contribution in [0.1, 0.15) is 12.0 Å². The third kappa shape index (κ3) is 2.52. The van der Waals surface area contributed by atoms with Gasteiger partial charge in [-0.15, -0.1) is 0 Å². The molecule has 2 atom stereocenters. The molecule has 1 saturated heterocycles. The highest BCUT2D eigenvalue weighted by atomic mass is 32.2. The van der Waals surface area contributed by atoms with E-state index >= 15 is 0 Å². The third-order valence-corrected chi connectivity index (χ3v) is 6.90. The molecule has 1 aliphatic heterocycles. The van der Waals surface area contributed by atoms with Gasteiger partial charge in [0, 0.05) is 10.6 Å². The fraction of sp³-hybridized carbons (Fsp3) is 0.455. The lowest BCUT2D eigenvalue weighted by Crippen LogP contribution is -2.17. The molecule has 1 heterocycles. The molecular weight excluding hydrogens is 258 g/mol. The maximum Gasteiger partial charge on any atom is 0.151 e. The van der Waals surface area contributed by atoms with E-state index in [2.05, 4.69) is 0 Å². The Balaban J connectivity index is 2.30.